The monoisotopic (exact) mass is 948 g/mol. The molecule has 0 aliphatic rings. The third-order valence-electron chi connectivity index (χ3n) is 5.78. The van der Waals surface area contributed by atoms with Gasteiger partial charge in [0.15, 0.2) is 0 Å². The number of rotatable bonds is 7. The molecule has 42 heavy (non-hydrogen) atoms. The van der Waals surface area contributed by atoms with Crippen molar-refractivity contribution in [3.8, 4) is 56.6 Å². The summed E-state index contributed by atoms with van der Waals surface area (Å²) in [6.45, 7) is 0. The van der Waals surface area contributed by atoms with Gasteiger partial charge in [-0.15, -0.1) is 0 Å². The zero-order valence-electron chi connectivity index (χ0n) is 21.6. The fraction of sp³-hybridized carbons (Fsp3) is 0. The van der Waals surface area contributed by atoms with Crippen LogP contribution < -0.4 is 9.47 Å². The van der Waals surface area contributed by atoms with E-state index in [9.17, 15) is 0 Å². The summed E-state index contributed by atoms with van der Waals surface area (Å²) in [7, 11) is 9.22. The number of benzene rings is 4. The van der Waals surface area contributed by atoms with E-state index in [0.717, 1.165) is 22.3 Å². The fourth-order valence-corrected chi connectivity index (χ4v) is 3.97. The number of hydrogen-bond donors (Lipinski definition) is 0. The van der Waals surface area contributed by atoms with E-state index >= 15 is 0 Å². The van der Waals surface area contributed by atoms with Crippen molar-refractivity contribution in [1.29, 1.82) is 0 Å². The number of hydrogen-bond acceptors (Lipinski definition) is 4. The van der Waals surface area contributed by atoms with Gasteiger partial charge in [-0.3, -0.25) is 12.1 Å². The summed E-state index contributed by atoms with van der Waals surface area (Å²) >= 11 is 3.22. The van der Waals surface area contributed by atoms with Gasteiger partial charge in [-0.05, 0) is 34.4 Å². The van der Waals surface area contributed by atoms with E-state index in [-0.39, 0.29) is 0 Å². The zero-order chi connectivity index (χ0) is 29.6. The predicted molar refractivity (Wildman–Crippen MR) is 158 cm³/mol. The molecule has 2 aromatic heterocycles. The standard InChI is InChI=1S/C34H20N2O2.2ClH.2Pt/c1-3-9-25(10-4-1)29-17-19-35-33(23-29)37-31-15-7-13-27(21-31)28-14-8-16-32(22-28)38-34-24-30(18-20-36-34)26-11-5-2-6-12-26;;;;/h1-12,15-20,23-24H;2*1H;;/q-4;;;2*+1/p-2. The largest absolute Gasteiger partial charge is 0.480 e. The van der Waals surface area contributed by atoms with Crippen LogP contribution >= 0.6 is 18.8 Å². The van der Waals surface area contributed by atoms with Gasteiger partial charge in [0.1, 0.15) is 0 Å². The van der Waals surface area contributed by atoms with Crippen molar-refractivity contribution in [2.75, 3.05) is 0 Å². The Morgan fingerprint density at radius 1 is 0.500 bits per heavy atom. The average Bonchev–Trinajstić information content (AvgIpc) is 3.08. The molecule has 0 saturated heterocycles. The van der Waals surface area contributed by atoms with Crippen LogP contribution in [0.3, 0.4) is 0 Å². The van der Waals surface area contributed by atoms with E-state index in [2.05, 4.69) is 77.3 Å². The van der Waals surface area contributed by atoms with Gasteiger partial charge in [0.2, 0.25) is 11.8 Å². The van der Waals surface area contributed by atoms with Crippen molar-refractivity contribution in [3.05, 3.63) is 146 Å². The number of aromatic nitrogens is 2. The molecule has 0 spiro atoms. The van der Waals surface area contributed by atoms with Crippen LogP contribution in [-0.4, -0.2) is 9.97 Å². The molecule has 8 heteroatoms. The molecule has 6 rings (SSSR count). The van der Waals surface area contributed by atoms with Crippen LogP contribution in [0.4, 0.5) is 0 Å². The maximum atomic E-state index is 6.03. The van der Waals surface area contributed by atoms with E-state index in [1.54, 1.807) is 74.2 Å². The van der Waals surface area contributed by atoms with E-state index < -0.39 is 0 Å². The van der Waals surface area contributed by atoms with E-state index in [1.165, 1.54) is 0 Å². The zero-order valence-corrected chi connectivity index (χ0v) is 27.7. The molecular weight excluding hydrogens is 929 g/mol. The number of halogens is 2. The van der Waals surface area contributed by atoms with Gasteiger partial charge in [-0.1, -0.05) is 72.2 Å². The molecule has 4 aromatic carbocycles. The molecule has 4 nitrogen and oxygen atoms in total. The van der Waals surface area contributed by atoms with E-state index in [4.69, 9.17) is 9.47 Å². The molecule has 0 atom stereocenters. The van der Waals surface area contributed by atoms with Crippen molar-refractivity contribution < 1.29 is 47.0 Å². The van der Waals surface area contributed by atoms with Crippen molar-refractivity contribution in [1.82, 2.24) is 9.97 Å². The average molecular weight is 950 g/mol. The first kappa shape index (κ1) is 31.7. The molecular formula is C34H20Cl2N2O2Pt2-4. The van der Waals surface area contributed by atoms with Crippen LogP contribution in [-0.2, 0) is 37.5 Å². The van der Waals surface area contributed by atoms with Crippen LogP contribution in [0.1, 0.15) is 0 Å². The number of pyridine rings is 2. The minimum Gasteiger partial charge on any atom is -0.480 e. The topological polar surface area (TPSA) is 44.2 Å². The molecule has 0 saturated carbocycles. The summed E-state index contributed by atoms with van der Waals surface area (Å²) in [4.78, 5) is 8.71. The normalized spacial score (nSPS) is 9.95. The Labute approximate surface area is 276 Å². The molecule has 2 heterocycles. The first-order valence-corrected chi connectivity index (χ1v) is 17.9. The molecule has 0 aliphatic heterocycles. The smallest absolute Gasteiger partial charge is 0.216 e. The second-order valence-corrected chi connectivity index (χ2v) is 8.39. The molecule has 0 amide bonds. The quantitative estimate of drug-likeness (QED) is 0.150. The Kier molecular flexibility index (Phi) is 12.8. The molecule has 0 fully saturated rings. The molecule has 0 radical (unpaired) electrons. The van der Waals surface area contributed by atoms with Crippen LogP contribution in [0.25, 0.3) is 33.4 Å². The Balaban J connectivity index is 0.000000972. The Hall–Kier alpha value is -3.26. The Morgan fingerprint density at radius 2 is 0.905 bits per heavy atom. The van der Waals surface area contributed by atoms with Gasteiger partial charge in [0.25, 0.3) is 0 Å². The number of nitrogens with zero attached hydrogens (tertiary/aromatic N) is 2. The van der Waals surface area contributed by atoms with Crippen LogP contribution in [0.5, 0.6) is 23.3 Å². The maximum Gasteiger partial charge on any atom is 0.216 e. The third kappa shape index (κ3) is 8.87. The summed E-state index contributed by atoms with van der Waals surface area (Å²) in [6.07, 6.45) is 3.47. The second kappa shape index (κ2) is 17.0. The molecule has 216 valence electrons. The molecule has 0 aliphatic carbocycles. The van der Waals surface area contributed by atoms with Gasteiger partial charge in [0.05, 0.1) is 0 Å². The summed E-state index contributed by atoms with van der Waals surface area (Å²) in [5, 5.41) is 0. The minimum absolute atomic E-state index is 0.481. The van der Waals surface area contributed by atoms with Crippen molar-refractivity contribution in [2.24, 2.45) is 0 Å². The predicted octanol–water partition coefficient (Wildman–Crippen LogP) is 9.64. The van der Waals surface area contributed by atoms with Crippen LogP contribution in [0, 0.1) is 24.3 Å². The van der Waals surface area contributed by atoms with E-state index in [1.807, 2.05) is 60.7 Å². The van der Waals surface area contributed by atoms with E-state index in [0.29, 0.717) is 34.4 Å². The first-order valence-electron chi connectivity index (χ1n) is 12.3. The maximum absolute atomic E-state index is 6.03. The third-order valence-corrected chi connectivity index (χ3v) is 5.78. The van der Waals surface area contributed by atoms with Crippen molar-refractivity contribution >= 4 is 18.8 Å². The minimum atomic E-state index is 0.481. The van der Waals surface area contributed by atoms with Gasteiger partial charge >= 0.3 is 56.4 Å². The fourth-order valence-electron chi connectivity index (χ4n) is 3.97. The van der Waals surface area contributed by atoms with Gasteiger partial charge in [0, 0.05) is 24.5 Å². The van der Waals surface area contributed by atoms with Crippen LogP contribution in [0.2, 0.25) is 0 Å². The summed E-state index contributed by atoms with van der Waals surface area (Å²) in [5.41, 5.74) is 5.53. The Morgan fingerprint density at radius 3 is 1.31 bits per heavy atom. The van der Waals surface area contributed by atoms with Gasteiger partial charge in [-0.25, -0.2) is 9.97 Å². The molecule has 0 bridgehead atoms. The Bertz CT molecular complexity index is 1560. The van der Waals surface area contributed by atoms with Gasteiger partial charge < -0.3 is 44.9 Å². The number of ether oxygens (including phenoxy) is 2. The molecule has 0 unspecified atom stereocenters. The SMILES string of the molecule is [Cl][Pt].[Cl][Pt].[c-]1ccc(Oc2cc(-c3ccccc3)ccn2)[c-]c1-c1[c-]ccc(Oc2cc(-c3ccccc3)ccn2)[c-]1. The summed E-state index contributed by atoms with van der Waals surface area (Å²) in [6, 6.07) is 47.9. The molecule has 0 N–H and O–H groups in total. The molecule has 6 aromatic rings. The first-order chi connectivity index (χ1) is 20.8. The van der Waals surface area contributed by atoms with Crippen molar-refractivity contribution in [2.45, 2.75) is 0 Å². The van der Waals surface area contributed by atoms with Gasteiger partial charge in [-0.2, -0.15) is 12.1 Å². The summed E-state index contributed by atoms with van der Waals surface area (Å²) in [5.74, 6) is 1.99. The van der Waals surface area contributed by atoms with Crippen molar-refractivity contribution in [3.63, 3.8) is 0 Å². The summed E-state index contributed by atoms with van der Waals surface area (Å²) < 4.78 is 12.1. The van der Waals surface area contributed by atoms with Crippen LogP contribution in [0.15, 0.2) is 122 Å². The second-order valence-electron chi connectivity index (χ2n) is 8.39.